The quantitative estimate of drug-likeness (QED) is 0.808. The maximum Gasteiger partial charge on any atom is 0.142 e. The first-order valence-electron chi connectivity index (χ1n) is 6.28. The summed E-state index contributed by atoms with van der Waals surface area (Å²) in [6.07, 6.45) is 2.08. The summed E-state index contributed by atoms with van der Waals surface area (Å²) in [5.41, 5.74) is 0.459. The molecule has 0 radical (unpaired) electrons. The van der Waals surface area contributed by atoms with Crippen LogP contribution in [-0.2, 0) is 4.74 Å². The second-order valence-electron chi connectivity index (χ2n) is 4.99. The predicted octanol–water partition coefficient (Wildman–Crippen LogP) is 0.886. The van der Waals surface area contributed by atoms with Gasteiger partial charge in [0, 0.05) is 13.0 Å². The lowest BCUT2D eigenvalue weighted by atomic mass is 9.97. The third-order valence-electron chi connectivity index (χ3n) is 3.63. The summed E-state index contributed by atoms with van der Waals surface area (Å²) >= 11 is 0. The number of rotatable bonds is 2. The first kappa shape index (κ1) is 11.5. The molecular weight excluding hydrogens is 228 g/mol. The summed E-state index contributed by atoms with van der Waals surface area (Å²) in [5.74, 6) is 0.755. The minimum atomic E-state index is 0.0184. The highest BCUT2D eigenvalue weighted by Gasteiger charge is 2.42. The fourth-order valence-corrected chi connectivity index (χ4v) is 2.74. The van der Waals surface area contributed by atoms with E-state index in [1.165, 1.54) is 0 Å². The molecule has 3 rings (SSSR count). The van der Waals surface area contributed by atoms with Crippen LogP contribution in [0.3, 0.4) is 0 Å². The van der Waals surface area contributed by atoms with E-state index in [-0.39, 0.29) is 11.6 Å². The van der Waals surface area contributed by atoms with Gasteiger partial charge in [0.05, 0.1) is 18.2 Å². The second-order valence-corrected chi connectivity index (χ2v) is 4.99. The van der Waals surface area contributed by atoms with Crippen molar-refractivity contribution in [2.24, 2.45) is 0 Å². The van der Waals surface area contributed by atoms with Gasteiger partial charge in [-0.05, 0) is 25.1 Å². The van der Waals surface area contributed by atoms with Gasteiger partial charge in [-0.2, -0.15) is 5.26 Å². The molecule has 0 amide bonds. The maximum absolute atomic E-state index is 8.82. The van der Waals surface area contributed by atoms with E-state index in [9.17, 15) is 0 Å². The van der Waals surface area contributed by atoms with Gasteiger partial charge in [0.2, 0.25) is 0 Å². The molecule has 1 spiro atoms. The standard InChI is InChI=1S/C13H16N4O/c14-7-10-2-1-3-12(16-10)17-11-6-13(18-8-11)4-5-15-9-13/h1-3,11,15H,4-6,8-9H2,(H,16,17). The van der Waals surface area contributed by atoms with Crippen molar-refractivity contribution in [1.82, 2.24) is 10.3 Å². The molecule has 0 saturated carbocycles. The zero-order valence-electron chi connectivity index (χ0n) is 10.1. The zero-order valence-corrected chi connectivity index (χ0v) is 10.1. The number of hydrogen-bond acceptors (Lipinski definition) is 5. The van der Waals surface area contributed by atoms with E-state index in [1.54, 1.807) is 6.07 Å². The first-order chi connectivity index (χ1) is 8.80. The van der Waals surface area contributed by atoms with E-state index in [4.69, 9.17) is 10.00 Å². The summed E-state index contributed by atoms with van der Waals surface area (Å²) in [6, 6.07) is 7.77. The van der Waals surface area contributed by atoms with Crippen molar-refractivity contribution in [3.05, 3.63) is 23.9 Å². The lowest BCUT2D eigenvalue weighted by molar-refractivity contribution is 0.0214. The molecule has 5 heteroatoms. The Morgan fingerprint density at radius 1 is 1.56 bits per heavy atom. The molecule has 0 aromatic carbocycles. The first-order valence-corrected chi connectivity index (χ1v) is 6.28. The van der Waals surface area contributed by atoms with Crippen LogP contribution in [0.25, 0.3) is 0 Å². The summed E-state index contributed by atoms with van der Waals surface area (Å²) in [7, 11) is 0. The highest BCUT2D eigenvalue weighted by Crippen LogP contribution is 2.32. The van der Waals surface area contributed by atoms with Crippen molar-refractivity contribution in [3.63, 3.8) is 0 Å². The SMILES string of the molecule is N#Cc1cccc(NC2COC3(CCNC3)C2)n1. The van der Waals surface area contributed by atoms with Crippen LogP contribution >= 0.6 is 0 Å². The topological polar surface area (TPSA) is 70.0 Å². The number of hydrogen-bond donors (Lipinski definition) is 2. The Balaban J connectivity index is 1.65. The average molecular weight is 244 g/mol. The molecule has 2 atom stereocenters. The molecular formula is C13H16N4O. The van der Waals surface area contributed by atoms with Gasteiger partial charge in [-0.15, -0.1) is 0 Å². The number of nitriles is 1. The number of nitrogens with zero attached hydrogens (tertiary/aromatic N) is 2. The Labute approximate surface area is 106 Å². The molecule has 1 aromatic rings. The smallest absolute Gasteiger partial charge is 0.142 e. The van der Waals surface area contributed by atoms with Crippen LogP contribution in [0, 0.1) is 11.3 Å². The fraction of sp³-hybridized carbons (Fsp3) is 0.538. The Morgan fingerprint density at radius 2 is 2.50 bits per heavy atom. The third-order valence-corrected chi connectivity index (χ3v) is 3.63. The van der Waals surface area contributed by atoms with E-state index in [0.717, 1.165) is 31.7 Å². The predicted molar refractivity (Wildman–Crippen MR) is 67.1 cm³/mol. The average Bonchev–Trinajstić information content (AvgIpc) is 3.01. The molecule has 5 nitrogen and oxygen atoms in total. The van der Waals surface area contributed by atoms with E-state index >= 15 is 0 Å². The van der Waals surface area contributed by atoms with Gasteiger partial charge in [-0.3, -0.25) is 0 Å². The number of pyridine rings is 1. The van der Waals surface area contributed by atoms with Gasteiger partial charge < -0.3 is 15.4 Å². The minimum Gasteiger partial charge on any atom is -0.371 e. The Kier molecular flexibility index (Phi) is 2.90. The normalized spacial score (nSPS) is 30.5. The van der Waals surface area contributed by atoms with Gasteiger partial charge >= 0.3 is 0 Å². The van der Waals surface area contributed by atoms with E-state index in [2.05, 4.69) is 15.6 Å². The number of aromatic nitrogens is 1. The largest absolute Gasteiger partial charge is 0.371 e. The monoisotopic (exact) mass is 244 g/mol. The number of nitrogens with one attached hydrogen (secondary N) is 2. The molecule has 0 bridgehead atoms. The third kappa shape index (κ3) is 2.17. The van der Waals surface area contributed by atoms with E-state index in [0.29, 0.717) is 12.3 Å². The molecule has 2 unspecified atom stereocenters. The van der Waals surface area contributed by atoms with Crippen molar-refractivity contribution in [2.75, 3.05) is 25.0 Å². The Hall–Kier alpha value is -1.64. The summed E-state index contributed by atoms with van der Waals surface area (Å²) in [6.45, 7) is 2.69. The van der Waals surface area contributed by atoms with Gasteiger partial charge in [-0.25, -0.2) is 4.98 Å². The van der Waals surface area contributed by atoms with Gasteiger partial charge in [0.25, 0.3) is 0 Å². The van der Waals surface area contributed by atoms with Crippen molar-refractivity contribution >= 4 is 5.82 Å². The van der Waals surface area contributed by atoms with Crippen LogP contribution in [0.2, 0.25) is 0 Å². The van der Waals surface area contributed by atoms with Gasteiger partial charge in [-0.1, -0.05) is 6.07 Å². The summed E-state index contributed by atoms with van der Waals surface area (Å²) < 4.78 is 5.93. The maximum atomic E-state index is 8.82. The van der Waals surface area contributed by atoms with Crippen LogP contribution in [0.15, 0.2) is 18.2 Å². The van der Waals surface area contributed by atoms with Crippen LogP contribution in [-0.4, -0.2) is 36.3 Å². The zero-order chi connectivity index (χ0) is 12.4. The van der Waals surface area contributed by atoms with Crippen LogP contribution in [0.1, 0.15) is 18.5 Å². The molecule has 2 aliphatic rings. The van der Waals surface area contributed by atoms with Crippen molar-refractivity contribution in [2.45, 2.75) is 24.5 Å². The molecule has 18 heavy (non-hydrogen) atoms. The van der Waals surface area contributed by atoms with Crippen LogP contribution in [0.4, 0.5) is 5.82 Å². The molecule has 2 saturated heterocycles. The Bertz CT molecular complexity index is 476. The van der Waals surface area contributed by atoms with Gasteiger partial charge in [0.1, 0.15) is 17.6 Å². The van der Waals surface area contributed by atoms with E-state index < -0.39 is 0 Å². The molecule has 2 fully saturated rings. The summed E-state index contributed by atoms with van der Waals surface area (Å²) in [5, 5.41) is 15.5. The van der Waals surface area contributed by atoms with Crippen LogP contribution in [0.5, 0.6) is 0 Å². The summed E-state index contributed by atoms with van der Waals surface area (Å²) in [4.78, 5) is 4.23. The molecule has 1 aromatic heterocycles. The molecule has 2 N–H and O–H groups in total. The Morgan fingerprint density at radius 3 is 3.28 bits per heavy atom. The lowest BCUT2D eigenvalue weighted by Crippen LogP contribution is -2.31. The minimum absolute atomic E-state index is 0.0184. The number of ether oxygens (including phenoxy) is 1. The molecule has 2 aliphatic heterocycles. The highest BCUT2D eigenvalue weighted by atomic mass is 16.5. The second kappa shape index (κ2) is 4.56. The van der Waals surface area contributed by atoms with Crippen molar-refractivity contribution < 1.29 is 4.74 Å². The fourth-order valence-electron chi connectivity index (χ4n) is 2.74. The molecule has 94 valence electrons. The van der Waals surface area contributed by atoms with Crippen molar-refractivity contribution in [3.8, 4) is 6.07 Å². The van der Waals surface area contributed by atoms with Crippen LogP contribution < -0.4 is 10.6 Å². The molecule has 0 aliphatic carbocycles. The molecule has 3 heterocycles. The lowest BCUT2D eigenvalue weighted by Gasteiger charge is -2.20. The van der Waals surface area contributed by atoms with E-state index in [1.807, 2.05) is 18.2 Å². The highest BCUT2D eigenvalue weighted by molar-refractivity contribution is 5.39. The van der Waals surface area contributed by atoms with Crippen molar-refractivity contribution in [1.29, 1.82) is 5.26 Å². The van der Waals surface area contributed by atoms with Gasteiger partial charge in [0.15, 0.2) is 0 Å². The number of anilines is 1.